The molecule has 0 heterocycles. The van der Waals surface area contributed by atoms with Crippen LogP contribution in [0, 0.1) is 0 Å². The topological polar surface area (TPSA) is 37.3 Å². The van der Waals surface area contributed by atoms with E-state index in [-0.39, 0.29) is 26.2 Å². The fraction of sp³-hybridized carbons (Fsp3) is 0. The van der Waals surface area contributed by atoms with Gasteiger partial charge in [0.15, 0.2) is 0 Å². The second-order valence-corrected chi connectivity index (χ2v) is 0.542. The van der Waals surface area contributed by atoms with Gasteiger partial charge >= 0.3 is 5.97 Å². The van der Waals surface area contributed by atoms with E-state index in [0.29, 0.717) is 0 Å². The standard InChI is InChI=1S/C3H4O2.Bi/c1-2-3(4)5;/h2H,1H2,(H,4,5);. The van der Waals surface area contributed by atoms with Crippen molar-refractivity contribution in [2.24, 2.45) is 0 Å². The molecule has 0 aromatic carbocycles. The number of carboxylic acids is 1. The van der Waals surface area contributed by atoms with Crippen LogP contribution >= 0.6 is 0 Å². The second-order valence-electron chi connectivity index (χ2n) is 0.542. The number of hydrogen-bond acceptors (Lipinski definition) is 1. The number of carbonyl (C=O) groups is 1. The van der Waals surface area contributed by atoms with E-state index in [1.54, 1.807) is 0 Å². The van der Waals surface area contributed by atoms with Gasteiger partial charge in [0, 0.05) is 32.3 Å². The fourth-order valence-electron chi connectivity index (χ4n) is 0. The van der Waals surface area contributed by atoms with E-state index in [4.69, 9.17) is 5.11 Å². The van der Waals surface area contributed by atoms with Crippen molar-refractivity contribution in [3.8, 4) is 0 Å². The van der Waals surface area contributed by atoms with Crippen LogP contribution in [0.4, 0.5) is 0 Å². The van der Waals surface area contributed by atoms with E-state index >= 15 is 0 Å². The summed E-state index contributed by atoms with van der Waals surface area (Å²) in [7, 11) is 0. The monoisotopic (exact) mass is 281 g/mol. The summed E-state index contributed by atoms with van der Waals surface area (Å²) in [5.41, 5.74) is 0. The minimum Gasteiger partial charge on any atom is -0.478 e. The third-order valence-electron chi connectivity index (χ3n) is 0.175. The first kappa shape index (κ1) is 9.43. The molecule has 0 rings (SSSR count). The molecule has 3 heteroatoms. The molecular formula is C3H4BiO2. The first-order valence-electron chi connectivity index (χ1n) is 1.12. The van der Waals surface area contributed by atoms with Crippen LogP contribution in [0.3, 0.4) is 0 Å². The summed E-state index contributed by atoms with van der Waals surface area (Å²) in [5.74, 6) is -0.981. The Morgan fingerprint density at radius 3 is 2.00 bits per heavy atom. The van der Waals surface area contributed by atoms with Crippen molar-refractivity contribution in [1.82, 2.24) is 0 Å². The number of carboxylic acid groups (broad SMARTS) is 1. The van der Waals surface area contributed by atoms with E-state index in [1.807, 2.05) is 0 Å². The zero-order valence-corrected chi connectivity index (χ0v) is 6.56. The fourth-order valence-corrected chi connectivity index (χ4v) is 0. The summed E-state index contributed by atoms with van der Waals surface area (Å²) in [6, 6.07) is 0. The molecule has 33 valence electrons. The molecule has 0 bridgehead atoms. The van der Waals surface area contributed by atoms with Gasteiger partial charge in [0.05, 0.1) is 0 Å². The van der Waals surface area contributed by atoms with Crippen molar-refractivity contribution in [2.45, 2.75) is 0 Å². The molecular weight excluding hydrogens is 277 g/mol. The van der Waals surface area contributed by atoms with Gasteiger partial charge in [-0.3, -0.25) is 0 Å². The SMILES string of the molecule is C=CC(=O)O.[Bi]. The summed E-state index contributed by atoms with van der Waals surface area (Å²) in [5, 5.41) is 7.60. The van der Waals surface area contributed by atoms with E-state index in [2.05, 4.69) is 6.58 Å². The second kappa shape index (κ2) is 5.09. The zero-order chi connectivity index (χ0) is 4.28. The third kappa shape index (κ3) is 8.94. The van der Waals surface area contributed by atoms with Gasteiger partial charge in [-0.15, -0.1) is 0 Å². The largest absolute Gasteiger partial charge is 0.478 e. The Morgan fingerprint density at radius 2 is 2.00 bits per heavy atom. The van der Waals surface area contributed by atoms with E-state index < -0.39 is 5.97 Å². The predicted molar refractivity (Wildman–Crippen MR) is 23.6 cm³/mol. The maximum absolute atomic E-state index is 9.25. The first-order valence-corrected chi connectivity index (χ1v) is 1.12. The molecule has 0 saturated carbocycles. The third-order valence-corrected chi connectivity index (χ3v) is 0.175. The van der Waals surface area contributed by atoms with E-state index in [9.17, 15) is 4.79 Å². The minimum atomic E-state index is -0.981. The molecule has 0 aliphatic rings. The molecule has 3 radical (unpaired) electrons. The summed E-state index contributed by atoms with van der Waals surface area (Å²) in [4.78, 5) is 9.25. The predicted octanol–water partition coefficient (Wildman–Crippen LogP) is -0.124. The molecule has 0 aromatic heterocycles. The van der Waals surface area contributed by atoms with Crippen LogP contribution in [0.25, 0.3) is 0 Å². The van der Waals surface area contributed by atoms with Crippen LogP contribution in [0.1, 0.15) is 0 Å². The molecule has 0 spiro atoms. The maximum atomic E-state index is 9.25. The Balaban J connectivity index is 0. The van der Waals surface area contributed by atoms with Crippen LogP contribution in [0.5, 0.6) is 0 Å². The summed E-state index contributed by atoms with van der Waals surface area (Å²) >= 11 is 0. The quantitative estimate of drug-likeness (QED) is 0.537. The maximum Gasteiger partial charge on any atom is 0.327 e. The summed E-state index contributed by atoms with van der Waals surface area (Å²) in [6.45, 7) is 2.96. The molecule has 0 aliphatic heterocycles. The molecule has 0 aromatic rings. The summed E-state index contributed by atoms with van der Waals surface area (Å²) in [6.07, 6.45) is 0.833. The van der Waals surface area contributed by atoms with E-state index in [0.717, 1.165) is 6.08 Å². The van der Waals surface area contributed by atoms with Gasteiger partial charge in [0.1, 0.15) is 0 Å². The number of aliphatic carboxylic acids is 1. The van der Waals surface area contributed by atoms with Gasteiger partial charge in [-0.25, -0.2) is 4.79 Å². The van der Waals surface area contributed by atoms with Gasteiger partial charge in [-0.1, -0.05) is 6.58 Å². The van der Waals surface area contributed by atoms with E-state index in [1.165, 1.54) is 0 Å². The van der Waals surface area contributed by atoms with Crippen LogP contribution in [0.15, 0.2) is 12.7 Å². The average molecular weight is 281 g/mol. The Labute approximate surface area is 55.0 Å². The molecule has 0 unspecified atom stereocenters. The van der Waals surface area contributed by atoms with Crippen molar-refractivity contribution in [3.63, 3.8) is 0 Å². The van der Waals surface area contributed by atoms with Gasteiger partial charge in [0.2, 0.25) is 0 Å². The molecule has 1 N–H and O–H groups in total. The molecule has 6 heavy (non-hydrogen) atoms. The van der Waals surface area contributed by atoms with Crippen molar-refractivity contribution in [1.29, 1.82) is 0 Å². The van der Waals surface area contributed by atoms with Crippen LogP contribution in [-0.4, -0.2) is 37.3 Å². The zero-order valence-electron chi connectivity index (χ0n) is 3.09. The minimum absolute atomic E-state index is 0. The molecule has 2 nitrogen and oxygen atoms in total. The van der Waals surface area contributed by atoms with Gasteiger partial charge in [-0.2, -0.15) is 0 Å². The van der Waals surface area contributed by atoms with Gasteiger partial charge in [0.25, 0.3) is 0 Å². The molecule has 0 fully saturated rings. The Hall–Kier alpha value is 0.0931. The van der Waals surface area contributed by atoms with Crippen LogP contribution < -0.4 is 0 Å². The number of hydrogen-bond donors (Lipinski definition) is 1. The molecule has 0 aliphatic carbocycles. The summed E-state index contributed by atoms with van der Waals surface area (Å²) < 4.78 is 0. The Morgan fingerprint density at radius 1 is 1.83 bits per heavy atom. The van der Waals surface area contributed by atoms with Crippen molar-refractivity contribution in [3.05, 3.63) is 12.7 Å². The molecule has 0 amide bonds. The van der Waals surface area contributed by atoms with Gasteiger partial charge in [-0.05, 0) is 0 Å². The smallest absolute Gasteiger partial charge is 0.327 e. The molecule has 0 atom stereocenters. The Kier molecular flexibility index (Phi) is 8.01. The first-order chi connectivity index (χ1) is 2.27. The molecule has 0 saturated heterocycles. The van der Waals surface area contributed by atoms with Crippen molar-refractivity contribution >= 4 is 32.2 Å². The van der Waals surface area contributed by atoms with Gasteiger partial charge < -0.3 is 5.11 Å². The van der Waals surface area contributed by atoms with Crippen molar-refractivity contribution < 1.29 is 9.90 Å². The normalized spacial score (nSPS) is 5.33. The van der Waals surface area contributed by atoms with Crippen LogP contribution in [-0.2, 0) is 4.79 Å². The van der Waals surface area contributed by atoms with Crippen molar-refractivity contribution in [2.75, 3.05) is 0 Å². The van der Waals surface area contributed by atoms with Crippen LogP contribution in [0.2, 0.25) is 0 Å². The average Bonchev–Trinajstić information content (AvgIpc) is 1.38. The Bertz CT molecular complexity index is 59.8. The number of rotatable bonds is 1.